The second-order valence-corrected chi connectivity index (χ2v) is 14.0. The summed E-state index contributed by atoms with van der Waals surface area (Å²) in [6, 6.07) is 19.9. The zero-order chi connectivity index (χ0) is 34.5. The summed E-state index contributed by atoms with van der Waals surface area (Å²) < 4.78 is 31.0. The van der Waals surface area contributed by atoms with E-state index in [1.54, 1.807) is 91.6 Å². The lowest BCUT2D eigenvalue weighted by atomic mass is 9.88. The Morgan fingerprint density at radius 3 is 1.98 bits per heavy atom. The highest BCUT2D eigenvalue weighted by Gasteiger charge is 2.37. The van der Waals surface area contributed by atoms with Crippen molar-refractivity contribution in [3.05, 3.63) is 130 Å². The van der Waals surface area contributed by atoms with Crippen molar-refractivity contribution in [1.82, 2.24) is 14.1 Å². The number of sulfonamides is 1. The molecule has 4 rings (SSSR count). The molecule has 1 saturated heterocycles. The minimum absolute atomic E-state index is 0.00267. The van der Waals surface area contributed by atoms with E-state index >= 15 is 0 Å². The van der Waals surface area contributed by atoms with Gasteiger partial charge in [0.05, 0.1) is 10.9 Å². The Morgan fingerprint density at radius 1 is 0.872 bits per heavy atom. The van der Waals surface area contributed by atoms with E-state index < -0.39 is 16.1 Å². The van der Waals surface area contributed by atoms with Crippen molar-refractivity contribution >= 4 is 33.3 Å². The molecule has 8 nitrogen and oxygen atoms in total. The van der Waals surface area contributed by atoms with E-state index in [2.05, 4.69) is 6.58 Å². The second-order valence-electron chi connectivity index (χ2n) is 11.8. The van der Waals surface area contributed by atoms with Crippen LogP contribution in [0.2, 0.25) is 5.02 Å². The van der Waals surface area contributed by atoms with Crippen LogP contribution in [-0.2, 0) is 19.6 Å². The van der Waals surface area contributed by atoms with Crippen LogP contribution in [0.4, 0.5) is 0 Å². The summed E-state index contributed by atoms with van der Waals surface area (Å²) in [6.07, 6.45) is 3.28. The van der Waals surface area contributed by atoms with E-state index in [9.17, 15) is 23.1 Å². The molecular formula is C37H42ClN3O5S. The van der Waals surface area contributed by atoms with Gasteiger partial charge < -0.3 is 14.9 Å². The number of carbonyl (C=O) groups is 2. The first kappa shape index (κ1) is 35.5. The van der Waals surface area contributed by atoms with E-state index in [1.807, 2.05) is 24.0 Å². The number of aryl methyl sites for hydroxylation is 1. The molecule has 2 atom stereocenters. The fourth-order valence-corrected chi connectivity index (χ4v) is 8.02. The lowest BCUT2D eigenvalue weighted by molar-refractivity contribution is -0.130. The fourth-order valence-electron chi connectivity index (χ4n) is 5.91. The van der Waals surface area contributed by atoms with Gasteiger partial charge in [0.25, 0.3) is 10.0 Å². The molecule has 3 aromatic carbocycles. The van der Waals surface area contributed by atoms with Gasteiger partial charge in [-0.2, -0.15) is 0 Å². The van der Waals surface area contributed by atoms with Crippen molar-refractivity contribution in [2.45, 2.75) is 51.5 Å². The number of allylic oxidation sites excluding steroid dienone is 4. The predicted octanol–water partition coefficient (Wildman–Crippen LogP) is 6.99. The molecule has 47 heavy (non-hydrogen) atoms. The maximum Gasteiger partial charge on any atom is 0.264 e. The van der Waals surface area contributed by atoms with Crippen LogP contribution in [0.25, 0.3) is 0 Å². The number of benzene rings is 3. The normalized spacial score (nSPS) is 15.6. The van der Waals surface area contributed by atoms with Gasteiger partial charge in [0.2, 0.25) is 5.91 Å². The zero-order valence-corrected chi connectivity index (χ0v) is 29.1. The first-order valence-electron chi connectivity index (χ1n) is 15.5. The largest absolute Gasteiger partial charge is 0.508 e. The molecule has 0 aromatic heterocycles. The van der Waals surface area contributed by atoms with Crippen LogP contribution in [0, 0.1) is 6.92 Å². The summed E-state index contributed by atoms with van der Waals surface area (Å²) in [5.41, 5.74) is 3.37. The number of ketones is 1. The third-order valence-corrected chi connectivity index (χ3v) is 10.9. The molecule has 1 amide bonds. The van der Waals surface area contributed by atoms with Crippen molar-refractivity contribution in [2.24, 2.45) is 0 Å². The van der Waals surface area contributed by atoms with Crippen LogP contribution in [0.15, 0.2) is 113 Å². The topological polar surface area (TPSA) is 98.2 Å². The summed E-state index contributed by atoms with van der Waals surface area (Å²) in [6.45, 7) is 14.7. The van der Waals surface area contributed by atoms with E-state index in [0.717, 1.165) is 5.56 Å². The smallest absolute Gasteiger partial charge is 0.264 e. The Hall–Kier alpha value is -4.34. The van der Waals surface area contributed by atoms with E-state index in [4.69, 9.17) is 11.6 Å². The van der Waals surface area contributed by atoms with Crippen LogP contribution >= 0.6 is 11.6 Å². The number of aromatic hydroxyl groups is 1. The van der Waals surface area contributed by atoms with Gasteiger partial charge in [0, 0.05) is 61.0 Å². The number of piperazine rings is 1. The molecule has 1 aliphatic rings. The van der Waals surface area contributed by atoms with Crippen LogP contribution in [-0.4, -0.2) is 65.5 Å². The maximum atomic E-state index is 14.8. The van der Waals surface area contributed by atoms with Gasteiger partial charge in [-0.1, -0.05) is 67.6 Å². The molecular weight excluding hydrogens is 634 g/mol. The van der Waals surface area contributed by atoms with Gasteiger partial charge in [0.15, 0.2) is 5.78 Å². The molecule has 0 saturated carbocycles. The highest BCUT2D eigenvalue weighted by Crippen LogP contribution is 2.42. The van der Waals surface area contributed by atoms with Crippen LogP contribution in [0.3, 0.4) is 0 Å². The second kappa shape index (κ2) is 15.0. The van der Waals surface area contributed by atoms with Gasteiger partial charge in [-0.25, -0.2) is 8.42 Å². The number of phenolic OH excluding ortho intramolecular Hbond substituents is 1. The minimum Gasteiger partial charge on any atom is -0.508 e. The highest BCUT2D eigenvalue weighted by molar-refractivity contribution is 7.89. The van der Waals surface area contributed by atoms with Crippen molar-refractivity contribution in [3.8, 4) is 5.75 Å². The monoisotopic (exact) mass is 675 g/mol. The number of hydrogen-bond acceptors (Lipinski definition) is 6. The molecule has 3 aromatic rings. The summed E-state index contributed by atoms with van der Waals surface area (Å²) in [7, 11) is -4.17. The molecule has 0 spiro atoms. The van der Waals surface area contributed by atoms with Crippen molar-refractivity contribution in [3.63, 3.8) is 0 Å². The number of amides is 1. The fraction of sp³-hybridized carbons (Fsp3) is 0.297. The predicted molar refractivity (Wildman–Crippen MR) is 186 cm³/mol. The Balaban J connectivity index is 1.88. The third-order valence-electron chi connectivity index (χ3n) is 8.62. The average molecular weight is 676 g/mol. The number of rotatable bonds is 11. The van der Waals surface area contributed by atoms with Gasteiger partial charge >= 0.3 is 0 Å². The van der Waals surface area contributed by atoms with Gasteiger partial charge in [-0.15, -0.1) is 0 Å². The standard InChI is InChI=1S/C37H42ClN3O5S/c1-25-9-7-8-10-36(25)47(45,46)41(37(32-12-16-33(38)17-13-32)27(3)31-14-18-34(44)19-15-31)26(2)11-20-35(29(5)42)28(4)39-21-23-40(24-22-39)30(6)43/h7-20,27,37,44H,4,21-24H2,1-3,5-6H3/b26-11+,35-20-. The van der Waals surface area contributed by atoms with Crippen molar-refractivity contribution in [2.75, 3.05) is 26.2 Å². The highest BCUT2D eigenvalue weighted by atomic mass is 35.5. The summed E-state index contributed by atoms with van der Waals surface area (Å²) in [4.78, 5) is 28.7. The molecule has 0 bridgehead atoms. The lowest BCUT2D eigenvalue weighted by Gasteiger charge is -2.38. The Labute approximate surface area is 283 Å². The molecule has 1 heterocycles. The molecule has 0 aliphatic carbocycles. The number of Topliss-reactive ketones (excluding diaryl/α,β-unsaturated/α-hetero) is 1. The molecule has 1 aliphatic heterocycles. The molecule has 248 valence electrons. The van der Waals surface area contributed by atoms with Crippen molar-refractivity contribution in [1.29, 1.82) is 0 Å². The Bertz CT molecular complexity index is 1790. The minimum atomic E-state index is -4.17. The molecule has 1 fully saturated rings. The zero-order valence-electron chi connectivity index (χ0n) is 27.5. The average Bonchev–Trinajstić information content (AvgIpc) is 3.04. The molecule has 10 heteroatoms. The van der Waals surface area contributed by atoms with E-state index in [0.29, 0.717) is 59.3 Å². The summed E-state index contributed by atoms with van der Waals surface area (Å²) >= 11 is 6.27. The van der Waals surface area contributed by atoms with Crippen LogP contribution < -0.4 is 0 Å². The van der Waals surface area contributed by atoms with Gasteiger partial charge in [-0.3, -0.25) is 13.9 Å². The number of nitrogens with zero attached hydrogens (tertiary/aromatic N) is 3. The first-order valence-corrected chi connectivity index (χ1v) is 17.3. The lowest BCUT2D eigenvalue weighted by Crippen LogP contribution is -2.47. The van der Waals surface area contributed by atoms with Crippen LogP contribution in [0.5, 0.6) is 5.75 Å². The Morgan fingerprint density at radius 2 is 1.43 bits per heavy atom. The third kappa shape index (κ3) is 8.15. The van der Waals surface area contributed by atoms with Crippen LogP contribution in [0.1, 0.15) is 56.3 Å². The molecule has 2 unspecified atom stereocenters. The van der Waals surface area contributed by atoms with Crippen molar-refractivity contribution < 1.29 is 23.1 Å². The molecule has 1 N–H and O–H groups in total. The number of phenols is 1. The quantitative estimate of drug-likeness (QED) is 0.174. The number of carbonyl (C=O) groups excluding carboxylic acids is 2. The van der Waals surface area contributed by atoms with Gasteiger partial charge in [-0.05, 0) is 79.9 Å². The van der Waals surface area contributed by atoms with E-state index in [1.165, 1.54) is 18.2 Å². The van der Waals surface area contributed by atoms with E-state index in [-0.39, 0.29) is 28.3 Å². The van der Waals surface area contributed by atoms with Gasteiger partial charge in [0.1, 0.15) is 5.75 Å². The first-order chi connectivity index (χ1) is 22.2. The number of hydrogen-bond donors (Lipinski definition) is 1. The SMILES string of the molecule is C=C(/C(=C/C=C(\C)N(C(c1ccc(Cl)cc1)C(C)c1ccc(O)cc1)S(=O)(=O)c1ccccc1C)C(C)=O)N1CCN(C(C)=O)CC1. The Kier molecular flexibility index (Phi) is 11.4. The maximum absolute atomic E-state index is 14.8. The summed E-state index contributed by atoms with van der Waals surface area (Å²) in [5, 5.41) is 10.5. The summed E-state index contributed by atoms with van der Waals surface area (Å²) in [5.74, 6) is -0.493. The number of halogens is 1. The molecule has 0 radical (unpaired) electrons.